The van der Waals surface area contributed by atoms with Crippen LogP contribution in [0.2, 0.25) is 10.0 Å². The first-order chi connectivity index (χ1) is 10.9. The Bertz CT molecular complexity index is 597. The van der Waals surface area contributed by atoms with Gasteiger partial charge in [0.25, 0.3) is 0 Å². The fourth-order valence-electron chi connectivity index (χ4n) is 2.41. The highest BCUT2D eigenvalue weighted by Gasteiger charge is 2.29. The first-order valence-corrected chi connectivity index (χ1v) is 7.91. The van der Waals surface area contributed by atoms with E-state index < -0.39 is 24.1 Å². The number of rotatable bonds is 4. The van der Waals surface area contributed by atoms with Crippen LogP contribution in [0.3, 0.4) is 0 Å². The van der Waals surface area contributed by atoms with Crippen LogP contribution < -0.4 is 5.32 Å². The fraction of sp³-hybridized carbons (Fsp3) is 0.467. The number of carbonyl (C=O) groups excluding carboxylic acids is 2. The third kappa shape index (κ3) is 4.73. The molecule has 8 heteroatoms. The zero-order valence-corrected chi connectivity index (χ0v) is 14.1. The lowest BCUT2D eigenvalue weighted by Crippen LogP contribution is -2.48. The van der Waals surface area contributed by atoms with E-state index in [-0.39, 0.29) is 13.0 Å². The summed E-state index contributed by atoms with van der Waals surface area (Å²) in [6.07, 6.45) is 0.187. The van der Waals surface area contributed by atoms with Crippen molar-refractivity contribution in [3.8, 4) is 0 Å². The van der Waals surface area contributed by atoms with Crippen LogP contribution in [0.1, 0.15) is 12.0 Å². The Hall–Kier alpha value is -1.50. The second kappa shape index (κ2) is 7.86. The van der Waals surface area contributed by atoms with Gasteiger partial charge in [0, 0.05) is 29.6 Å². The van der Waals surface area contributed by atoms with E-state index in [1.54, 1.807) is 18.2 Å². The molecule has 0 saturated carbocycles. The summed E-state index contributed by atoms with van der Waals surface area (Å²) in [6, 6.07) is 3.65. The van der Waals surface area contributed by atoms with Crippen LogP contribution >= 0.6 is 23.2 Å². The van der Waals surface area contributed by atoms with Gasteiger partial charge in [-0.2, -0.15) is 0 Å². The fourth-order valence-corrected chi connectivity index (χ4v) is 2.89. The van der Waals surface area contributed by atoms with Gasteiger partial charge in [-0.1, -0.05) is 29.3 Å². The molecule has 1 aliphatic rings. The molecule has 1 aromatic carbocycles. The number of benzene rings is 1. The maximum atomic E-state index is 12.2. The zero-order chi connectivity index (χ0) is 17.0. The van der Waals surface area contributed by atoms with Crippen LogP contribution in [0, 0.1) is 0 Å². The van der Waals surface area contributed by atoms with E-state index in [4.69, 9.17) is 27.9 Å². The van der Waals surface area contributed by atoms with Gasteiger partial charge in [0.2, 0.25) is 0 Å². The van der Waals surface area contributed by atoms with E-state index in [0.29, 0.717) is 28.6 Å². The minimum Gasteiger partial charge on any atom is -0.467 e. The number of hydrogen-bond acceptors (Lipinski definition) is 4. The van der Waals surface area contributed by atoms with E-state index in [2.05, 4.69) is 5.32 Å². The van der Waals surface area contributed by atoms with Crippen LogP contribution in [-0.2, 0) is 16.0 Å². The quantitative estimate of drug-likeness (QED) is 0.803. The van der Waals surface area contributed by atoms with Crippen LogP contribution in [-0.4, -0.2) is 54.4 Å². The summed E-state index contributed by atoms with van der Waals surface area (Å²) in [5.41, 5.74) is 0.674. The highest BCUT2D eigenvalue weighted by molar-refractivity contribution is 6.35. The number of hydrogen-bond donors (Lipinski definition) is 2. The van der Waals surface area contributed by atoms with Gasteiger partial charge in [0.05, 0.1) is 13.2 Å². The van der Waals surface area contributed by atoms with E-state index >= 15 is 0 Å². The molecule has 0 spiro atoms. The van der Waals surface area contributed by atoms with Gasteiger partial charge < -0.3 is 20.1 Å². The van der Waals surface area contributed by atoms with E-state index in [9.17, 15) is 14.7 Å². The average Bonchev–Trinajstić information content (AvgIpc) is 2.94. The number of carbonyl (C=O) groups is 2. The van der Waals surface area contributed by atoms with Crippen molar-refractivity contribution in [2.24, 2.45) is 0 Å². The molecular formula is C15H18Cl2N2O4. The monoisotopic (exact) mass is 360 g/mol. The lowest BCUT2D eigenvalue weighted by molar-refractivity contribution is -0.142. The molecule has 0 radical (unpaired) electrons. The van der Waals surface area contributed by atoms with Gasteiger partial charge in [0.15, 0.2) is 0 Å². The van der Waals surface area contributed by atoms with Gasteiger partial charge in [-0.25, -0.2) is 9.59 Å². The normalized spacial score (nSPS) is 18.6. The molecule has 126 valence electrons. The first kappa shape index (κ1) is 17.8. The molecule has 0 unspecified atom stereocenters. The number of halogens is 2. The van der Waals surface area contributed by atoms with Crippen molar-refractivity contribution >= 4 is 35.2 Å². The van der Waals surface area contributed by atoms with Gasteiger partial charge >= 0.3 is 12.0 Å². The maximum Gasteiger partial charge on any atom is 0.328 e. The molecule has 1 fully saturated rings. The van der Waals surface area contributed by atoms with Crippen molar-refractivity contribution in [1.82, 2.24) is 10.2 Å². The topological polar surface area (TPSA) is 78.9 Å². The molecule has 23 heavy (non-hydrogen) atoms. The summed E-state index contributed by atoms with van der Waals surface area (Å²) in [5.74, 6) is -0.566. The Balaban J connectivity index is 2.07. The van der Waals surface area contributed by atoms with E-state index in [1.807, 2.05) is 0 Å². The Morgan fingerprint density at radius 1 is 1.48 bits per heavy atom. The molecule has 1 heterocycles. The summed E-state index contributed by atoms with van der Waals surface area (Å²) < 4.78 is 4.74. The molecular weight excluding hydrogens is 343 g/mol. The summed E-state index contributed by atoms with van der Waals surface area (Å²) in [6.45, 7) is 0.698. The van der Waals surface area contributed by atoms with Crippen LogP contribution in [0.4, 0.5) is 4.79 Å². The molecule has 2 atom stereocenters. The number of nitrogens with one attached hydrogen (secondary N) is 1. The molecule has 2 rings (SSSR count). The number of methoxy groups -OCH3 is 1. The highest BCUT2D eigenvalue weighted by atomic mass is 35.5. The predicted octanol–water partition coefficient (Wildman–Crippen LogP) is 1.85. The van der Waals surface area contributed by atoms with Gasteiger partial charge in [0.1, 0.15) is 6.04 Å². The minimum atomic E-state index is -0.871. The van der Waals surface area contributed by atoms with E-state index in [1.165, 1.54) is 12.0 Å². The Morgan fingerprint density at radius 3 is 2.78 bits per heavy atom. The number of β-amino-alcohol motifs (C(OH)–C–C–N with tert-alkyl or cyclic N) is 1. The lowest BCUT2D eigenvalue weighted by Gasteiger charge is -2.22. The van der Waals surface area contributed by atoms with Crippen molar-refractivity contribution in [1.29, 1.82) is 0 Å². The van der Waals surface area contributed by atoms with E-state index in [0.717, 1.165) is 0 Å². The SMILES string of the molecule is COC(=O)[C@@H](Cc1ccc(Cl)cc1Cl)NC(=O)N1CC[C@@H](O)C1. The largest absolute Gasteiger partial charge is 0.467 e. The minimum absolute atomic E-state index is 0.185. The van der Waals surface area contributed by atoms with Crippen LogP contribution in [0.15, 0.2) is 18.2 Å². The maximum absolute atomic E-state index is 12.2. The number of nitrogens with zero attached hydrogens (tertiary/aromatic N) is 1. The Labute approximate surface area is 144 Å². The molecule has 1 aliphatic heterocycles. The number of urea groups is 1. The second-order valence-electron chi connectivity index (χ2n) is 5.35. The standard InChI is InChI=1S/C15H18Cl2N2O4/c1-23-14(21)13(6-9-2-3-10(16)7-12(9)17)18-15(22)19-5-4-11(20)8-19/h2-3,7,11,13,20H,4-6,8H2,1H3,(H,18,22)/t11-,13-/m1/s1. The zero-order valence-electron chi connectivity index (χ0n) is 12.6. The molecule has 0 bridgehead atoms. The van der Waals surface area contributed by atoms with Crippen molar-refractivity contribution in [2.45, 2.75) is 25.0 Å². The lowest BCUT2D eigenvalue weighted by atomic mass is 10.1. The third-order valence-corrected chi connectivity index (χ3v) is 4.26. The van der Waals surface area contributed by atoms with Crippen molar-refractivity contribution < 1.29 is 19.4 Å². The summed E-state index contributed by atoms with van der Waals surface area (Å²) >= 11 is 12.0. The number of aliphatic hydroxyl groups is 1. The number of likely N-dealkylation sites (tertiary alicyclic amines) is 1. The van der Waals surface area contributed by atoms with Crippen LogP contribution in [0.25, 0.3) is 0 Å². The molecule has 2 amide bonds. The number of ether oxygens (including phenoxy) is 1. The van der Waals surface area contributed by atoms with Crippen molar-refractivity contribution in [3.63, 3.8) is 0 Å². The smallest absolute Gasteiger partial charge is 0.328 e. The second-order valence-corrected chi connectivity index (χ2v) is 6.20. The summed E-state index contributed by atoms with van der Waals surface area (Å²) in [7, 11) is 1.25. The summed E-state index contributed by atoms with van der Waals surface area (Å²) in [5, 5.41) is 13.0. The predicted molar refractivity (Wildman–Crippen MR) is 86.7 cm³/mol. The highest BCUT2D eigenvalue weighted by Crippen LogP contribution is 2.22. The number of esters is 1. The molecule has 1 aromatic rings. The number of aliphatic hydroxyl groups excluding tert-OH is 1. The van der Waals surface area contributed by atoms with Crippen LogP contribution in [0.5, 0.6) is 0 Å². The van der Waals surface area contributed by atoms with Crippen molar-refractivity contribution in [2.75, 3.05) is 20.2 Å². The average molecular weight is 361 g/mol. The Kier molecular flexibility index (Phi) is 6.10. The first-order valence-electron chi connectivity index (χ1n) is 7.16. The number of amides is 2. The summed E-state index contributed by atoms with van der Waals surface area (Å²) in [4.78, 5) is 25.6. The third-order valence-electron chi connectivity index (χ3n) is 3.67. The molecule has 1 saturated heterocycles. The molecule has 2 N–H and O–H groups in total. The van der Waals surface area contributed by atoms with Gasteiger partial charge in [-0.05, 0) is 24.1 Å². The van der Waals surface area contributed by atoms with Gasteiger partial charge in [-0.15, -0.1) is 0 Å². The molecule has 0 aliphatic carbocycles. The van der Waals surface area contributed by atoms with Gasteiger partial charge in [-0.3, -0.25) is 0 Å². The molecule has 0 aromatic heterocycles. The Morgan fingerprint density at radius 2 is 2.22 bits per heavy atom. The van der Waals surface area contributed by atoms with Crippen molar-refractivity contribution in [3.05, 3.63) is 33.8 Å². The molecule has 6 nitrogen and oxygen atoms in total.